The summed E-state index contributed by atoms with van der Waals surface area (Å²) in [6.07, 6.45) is -4.50. The predicted octanol–water partition coefficient (Wildman–Crippen LogP) is 3.43. The van der Waals surface area contributed by atoms with Gasteiger partial charge in [-0.2, -0.15) is 23.5 Å². The van der Waals surface area contributed by atoms with Gasteiger partial charge in [-0.1, -0.05) is 15.9 Å². The summed E-state index contributed by atoms with van der Waals surface area (Å²) in [6, 6.07) is 3.06. The Bertz CT molecular complexity index is 670. The Morgan fingerprint density at radius 3 is 2.71 bits per heavy atom. The third-order valence-corrected chi connectivity index (χ3v) is 3.26. The van der Waals surface area contributed by atoms with Crippen molar-refractivity contribution in [1.29, 1.82) is 0 Å². The Labute approximate surface area is 125 Å². The molecule has 0 unspecified atom stereocenters. The number of nitrogens with zero attached hydrogens (tertiary/aromatic N) is 2. The molecule has 9 heteroatoms. The van der Waals surface area contributed by atoms with Crippen LogP contribution < -0.4 is 0 Å². The number of esters is 1. The second kappa shape index (κ2) is 5.84. The van der Waals surface area contributed by atoms with Crippen LogP contribution in [0.15, 0.2) is 22.7 Å². The van der Waals surface area contributed by atoms with Gasteiger partial charge in [0.25, 0.3) is 0 Å². The standard InChI is InChI=1S/C12H9BrF3N3O2/c1-2-21-11(20)10-9(17-19-18-10)7-5-6(12(14,15)16)3-4-8(7)13/h3-5H,2H2,1H3,(H,17,18,19). The molecule has 0 atom stereocenters. The number of hydrogen-bond donors (Lipinski definition) is 1. The van der Waals surface area contributed by atoms with Gasteiger partial charge in [0.1, 0.15) is 5.69 Å². The van der Waals surface area contributed by atoms with Crippen molar-refractivity contribution in [1.82, 2.24) is 15.4 Å². The van der Waals surface area contributed by atoms with E-state index in [1.807, 2.05) is 0 Å². The maximum Gasteiger partial charge on any atom is 0.416 e. The van der Waals surface area contributed by atoms with Crippen LogP contribution in [0.2, 0.25) is 0 Å². The van der Waals surface area contributed by atoms with Crippen LogP contribution in [0.1, 0.15) is 23.0 Å². The molecule has 0 aliphatic carbocycles. The molecule has 0 fully saturated rings. The summed E-state index contributed by atoms with van der Waals surface area (Å²) < 4.78 is 43.5. The first kappa shape index (κ1) is 15.5. The highest BCUT2D eigenvalue weighted by molar-refractivity contribution is 9.10. The highest BCUT2D eigenvalue weighted by Crippen LogP contribution is 2.36. The van der Waals surface area contributed by atoms with E-state index in [9.17, 15) is 18.0 Å². The first-order chi connectivity index (χ1) is 9.84. The van der Waals surface area contributed by atoms with Crippen molar-refractivity contribution < 1.29 is 22.7 Å². The molecule has 0 bridgehead atoms. The number of carbonyl (C=O) groups excluding carboxylic acids is 1. The number of ether oxygens (including phenoxy) is 1. The molecule has 1 heterocycles. The lowest BCUT2D eigenvalue weighted by Gasteiger charge is -2.09. The Morgan fingerprint density at radius 2 is 2.10 bits per heavy atom. The Kier molecular flexibility index (Phi) is 4.31. The third-order valence-electron chi connectivity index (χ3n) is 2.57. The Hall–Kier alpha value is -1.90. The minimum absolute atomic E-state index is 0.00794. The van der Waals surface area contributed by atoms with E-state index in [0.29, 0.717) is 4.47 Å². The largest absolute Gasteiger partial charge is 0.461 e. The highest BCUT2D eigenvalue weighted by atomic mass is 79.9. The van der Waals surface area contributed by atoms with E-state index in [1.54, 1.807) is 6.92 Å². The molecule has 0 saturated carbocycles. The Balaban J connectivity index is 2.52. The predicted molar refractivity (Wildman–Crippen MR) is 70.5 cm³/mol. The van der Waals surface area contributed by atoms with Gasteiger partial charge in [-0.25, -0.2) is 4.79 Å². The van der Waals surface area contributed by atoms with Crippen LogP contribution in [-0.2, 0) is 10.9 Å². The van der Waals surface area contributed by atoms with Gasteiger partial charge in [0, 0.05) is 10.0 Å². The molecule has 1 aromatic carbocycles. The van der Waals surface area contributed by atoms with Gasteiger partial charge in [-0.3, -0.25) is 0 Å². The third kappa shape index (κ3) is 3.23. The minimum atomic E-state index is -4.50. The van der Waals surface area contributed by atoms with Crippen LogP contribution in [0.5, 0.6) is 0 Å². The molecule has 0 spiro atoms. The maximum absolute atomic E-state index is 12.8. The number of rotatable bonds is 3. The summed E-state index contributed by atoms with van der Waals surface area (Å²) in [5.41, 5.74) is -0.927. The normalized spacial score (nSPS) is 11.5. The molecular weight excluding hydrogens is 355 g/mol. The molecule has 21 heavy (non-hydrogen) atoms. The van der Waals surface area contributed by atoms with Crippen molar-refractivity contribution in [3.05, 3.63) is 33.9 Å². The van der Waals surface area contributed by atoms with Crippen molar-refractivity contribution in [2.24, 2.45) is 0 Å². The van der Waals surface area contributed by atoms with E-state index in [0.717, 1.165) is 12.1 Å². The van der Waals surface area contributed by atoms with Crippen LogP contribution in [0.3, 0.4) is 0 Å². The van der Waals surface area contributed by atoms with Gasteiger partial charge in [0.2, 0.25) is 0 Å². The summed E-state index contributed by atoms with van der Waals surface area (Å²) >= 11 is 3.14. The van der Waals surface area contributed by atoms with E-state index < -0.39 is 17.7 Å². The van der Waals surface area contributed by atoms with Crippen LogP contribution >= 0.6 is 15.9 Å². The van der Waals surface area contributed by atoms with Crippen LogP contribution in [0.4, 0.5) is 13.2 Å². The van der Waals surface area contributed by atoms with Crippen molar-refractivity contribution in [2.45, 2.75) is 13.1 Å². The van der Waals surface area contributed by atoms with E-state index in [1.165, 1.54) is 6.07 Å². The second-order valence-electron chi connectivity index (χ2n) is 3.93. The average molecular weight is 364 g/mol. The SMILES string of the molecule is CCOC(=O)c1n[nH]nc1-c1cc(C(F)(F)F)ccc1Br. The number of alkyl halides is 3. The molecule has 112 valence electrons. The van der Waals surface area contributed by atoms with E-state index in [2.05, 4.69) is 31.3 Å². The fourth-order valence-corrected chi connectivity index (χ4v) is 2.08. The summed E-state index contributed by atoms with van der Waals surface area (Å²) in [5, 5.41) is 9.59. The first-order valence-electron chi connectivity index (χ1n) is 5.79. The zero-order valence-corrected chi connectivity index (χ0v) is 12.2. The monoisotopic (exact) mass is 363 g/mol. The fourth-order valence-electron chi connectivity index (χ4n) is 1.64. The second-order valence-corrected chi connectivity index (χ2v) is 4.79. The number of carbonyl (C=O) groups is 1. The van der Waals surface area contributed by atoms with Gasteiger partial charge in [-0.15, -0.1) is 5.10 Å². The van der Waals surface area contributed by atoms with Gasteiger partial charge < -0.3 is 4.74 Å². The molecule has 2 aromatic rings. The van der Waals surface area contributed by atoms with Crippen molar-refractivity contribution in [3.8, 4) is 11.3 Å². The molecule has 0 saturated heterocycles. The van der Waals surface area contributed by atoms with Gasteiger partial charge in [0.05, 0.1) is 12.2 Å². The molecule has 2 rings (SSSR count). The van der Waals surface area contributed by atoms with Crippen LogP contribution in [0, 0.1) is 0 Å². The number of halogens is 4. The number of nitrogens with one attached hydrogen (secondary N) is 1. The molecule has 5 nitrogen and oxygen atoms in total. The number of aromatic amines is 1. The minimum Gasteiger partial charge on any atom is -0.461 e. The van der Waals surface area contributed by atoms with Gasteiger partial charge in [-0.05, 0) is 25.1 Å². The van der Waals surface area contributed by atoms with Crippen molar-refractivity contribution in [3.63, 3.8) is 0 Å². The van der Waals surface area contributed by atoms with Crippen LogP contribution in [-0.4, -0.2) is 28.0 Å². The van der Waals surface area contributed by atoms with E-state index in [-0.39, 0.29) is 23.6 Å². The topological polar surface area (TPSA) is 67.9 Å². The van der Waals surface area contributed by atoms with Crippen LogP contribution in [0.25, 0.3) is 11.3 Å². The maximum atomic E-state index is 12.8. The lowest BCUT2D eigenvalue weighted by molar-refractivity contribution is -0.137. The van der Waals surface area contributed by atoms with Crippen molar-refractivity contribution in [2.75, 3.05) is 6.61 Å². The van der Waals surface area contributed by atoms with Crippen molar-refractivity contribution >= 4 is 21.9 Å². The molecule has 0 aliphatic heterocycles. The van der Waals surface area contributed by atoms with Gasteiger partial charge >= 0.3 is 12.1 Å². The summed E-state index contributed by atoms with van der Waals surface area (Å²) in [4.78, 5) is 11.7. The lowest BCUT2D eigenvalue weighted by atomic mass is 10.1. The highest BCUT2D eigenvalue weighted by Gasteiger charge is 2.32. The summed E-state index contributed by atoms with van der Waals surface area (Å²) in [7, 11) is 0. The molecule has 0 radical (unpaired) electrons. The number of hydrogen-bond acceptors (Lipinski definition) is 4. The average Bonchev–Trinajstić information content (AvgIpc) is 2.87. The zero-order valence-electron chi connectivity index (χ0n) is 10.7. The van der Waals surface area contributed by atoms with Gasteiger partial charge in [0.15, 0.2) is 5.69 Å². The smallest absolute Gasteiger partial charge is 0.416 e. The first-order valence-corrected chi connectivity index (χ1v) is 6.59. The zero-order chi connectivity index (χ0) is 15.6. The number of H-pyrrole nitrogens is 1. The Morgan fingerprint density at radius 1 is 1.38 bits per heavy atom. The molecule has 0 amide bonds. The number of aromatic nitrogens is 3. The lowest BCUT2D eigenvalue weighted by Crippen LogP contribution is -2.08. The van der Waals surface area contributed by atoms with E-state index in [4.69, 9.17) is 4.74 Å². The molecule has 1 N–H and O–H groups in total. The fraction of sp³-hybridized carbons (Fsp3) is 0.250. The molecular formula is C12H9BrF3N3O2. The molecule has 0 aliphatic rings. The quantitative estimate of drug-likeness (QED) is 0.848. The van der Waals surface area contributed by atoms with E-state index >= 15 is 0 Å². The summed E-state index contributed by atoms with van der Waals surface area (Å²) in [5.74, 6) is -0.759. The summed E-state index contributed by atoms with van der Waals surface area (Å²) in [6.45, 7) is 1.73. The number of benzene rings is 1. The molecule has 1 aromatic heterocycles.